The first kappa shape index (κ1) is 25.6. The predicted octanol–water partition coefficient (Wildman–Crippen LogP) is 6.87. The van der Waals surface area contributed by atoms with E-state index in [1.807, 2.05) is 30.3 Å². The number of carbonyl (C=O) groups is 1. The molecule has 0 aliphatic heterocycles. The van der Waals surface area contributed by atoms with Crippen LogP contribution in [0.2, 0.25) is 10.0 Å². The molecule has 5 rings (SSSR count). The molecule has 192 valence electrons. The van der Waals surface area contributed by atoms with Crippen molar-refractivity contribution in [2.45, 2.75) is 43.3 Å². The summed E-state index contributed by atoms with van der Waals surface area (Å²) < 4.78 is 7.06. The molecule has 0 radical (unpaired) electrons. The smallest absolute Gasteiger partial charge is 0.345 e. The summed E-state index contributed by atoms with van der Waals surface area (Å²) in [5.74, 6) is 0.124. The molecule has 4 aromatic rings. The van der Waals surface area contributed by atoms with E-state index < -0.39 is 5.97 Å². The molecular weight excluding hydrogens is 533 g/mol. The summed E-state index contributed by atoms with van der Waals surface area (Å²) in [6.45, 7) is 0. The molecule has 1 aliphatic carbocycles. The number of halogens is 2. The zero-order chi connectivity index (χ0) is 25.9. The summed E-state index contributed by atoms with van der Waals surface area (Å²) >= 11 is 13.9. The molecule has 0 atom stereocenters. The highest BCUT2D eigenvalue weighted by Crippen LogP contribution is 2.38. The first-order valence-corrected chi connectivity index (χ1v) is 13.7. The van der Waals surface area contributed by atoms with Crippen molar-refractivity contribution in [3.63, 3.8) is 0 Å². The van der Waals surface area contributed by atoms with Gasteiger partial charge in [-0.1, -0.05) is 66.4 Å². The average molecular weight is 558 g/mol. The molecule has 1 aliphatic rings. The van der Waals surface area contributed by atoms with Crippen LogP contribution in [0.3, 0.4) is 0 Å². The highest BCUT2D eigenvalue weighted by Gasteiger charge is 2.27. The third kappa shape index (κ3) is 5.35. The van der Waals surface area contributed by atoms with Gasteiger partial charge in [0.15, 0.2) is 11.0 Å². The number of nitrogens with one attached hydrogen (secondary N) is 1. The predicted molar refractivity (Wildman–Crippen MR) is 146 cm³/mol. The number of aromatic amines is 1. The number of para-hydroxylation sites is 2. The molecule has 1 fully saturated rings. The van der Waals surface area contributed by atoms with Crippen LogP contribution in [0.4, 0.5) is 0 Å². The third-order valence-electron chi connectivity index (χ3n) is 6.42. The second kappa shape index (κ2) is 11.2. The Morgan fingerprint density at radius 3 is 2.68 bits per heavy atom. The van der Waals surface area contributed by atoms with E-state index in [4.69, 9.17) is 27.9 Å². The van der Waals surface area contributed by atoms with Crippen LogP contribution in [0.5, 0.6) is 0 Å². The number of imidazole rings is 1. The lowest BCUT2D eigenvalue weighted by molar-refractivity contribution is -0.133. The highest BCUT2D eigenvalue weighted by atomic mass is 35.5. The molecule has 8 nitrogen and oxygen atoms in total. The van der Waals surface area contributed by atoms with Crippen LogP contribution in [0.1, 0.15) is 44.0 Å². The minimum absolute atomic E-state index is 0.0177. The fourth-order valence-electron chi connectivity index (χ4n) is 4.63. The van der Waals surface area contributed by atoms with E-state index >= 15 is 0 Å². The molecule has 37 heavy (non-hydrogen) atoms. The lowest BCUT2D eigenvalue weighted by Gasteiger charge is -2.25. The van der Waals surface area contributed by atoms with Crippen molar-refractivity contribution in [2.24, 2.45) is 0 Å². The molecule has 0 bridgehead atoms. The number of aromatic nitrogens is 5. The van der Waals surface area contributed by atoms with Gasteiger partial charge in [-0.05, 0) is 43.2 Å². The van der Waals surface area contributed by atoms with E-state index in [-0.39, 0.29) is 29.0 Å². The molecule has 1 saturated carbocycles. The number of nitrogens with zero attached hydrogens (tertiary/aromatic N) is 4. The minimum Gasteiger partial charge on any atom is -0.510 e. The molecule has 0 saturated heterocycles. The number of aliphatic hydroxyl groups is 1. The van der Waals surface area contributed by atoms with Crippen molar-refractivity contribution >= 4 is 57.5 Å². The molecule has 2 heterocycles. The molecule has 2 N–H and O–H groups in total. The topological polar surface area (TPSA) is 106 Å². The van der Waals surface area contributed by atoms with Crippen LogP contribution in [0, 0.1) is 0 Å². The SMILES string of the molecule is COC(=O)/C(=C(/O)CSc1nnc(-c2ccc(Cl)cc2Cl)n1C1CCCCC1)c1nc2ccccc2[nH]1. The summed E-state index contributed by atoms with van der Waals surface area (Å²) in [6, 6.07) is 12.9. The molecule has 11 heteroatoms. The molecule has 2 aromatic heterocycles. The number of methoxy groups -OCH3 is 1. The Balaban J connectivity index is 1.50. The van der Waals surface area contributed by atoms with E-state index in [0.717, 1.165) is 36.8 Å². The number of fused-ring (bicyclic) bond motifs is 1. The summed E-state index contributed by atoms with van der Waals surface area (Å²) in [5.41, 5.74) is 2.16. The van der Waals surface area contributed by atoms with Crippen molar-refractivity contribution in [3.8, 4) is 11.4 Å². The van der Waals surface area contributed by atoms with Gasteiger partial charge in [0.2, 0.25) is 0 Å². The Kier molecular flexibility index (Phi) is 7.73. The number of aliphatic hydroxyl groups excluding tert-OH is 1. The highest BCUT2D eigenvalue weighted by molar-refractivity contribution is 7.99. The molecule has 0 unspecified atom stereocenters. The van der Waals surface area contributed by atoms with Gasteiger partial charge >= 0.3 is 5.97 Å². The van der Waals surface area contributed by atoms with Gasteiger partial charge in [0.25, 0.3) is 0 Å². The van der Waals surface area contributed by atoms with Gasteiger partial charge in [0.1, 0.15) is 17.2 Å². The van der Waals surface area contributed by atoms with Gasteiger partial charge < -0.3 is 14.8 Å². The van der Waals surface area contributed by atoms with E-state index in [9.17, 15) is 9.90 Å². The molecule has 2 aromatic carbocycles. The number of H-pyrrole nitrogens is 1. The van der Waals surface area contributed by atoms with Gasteiger partial charge in [0, 0.05) is 16.6 Å². The molecule has 0 spiro atoms. The van der Waals surface area contributed by atoms with Crippen LogP contribution in [-0.4, -0.2) is 48.7 Å². The Morgan fingerprint density at radius 1 is 1.16 bits per heavy atom. The zero-order valence-corrected chi connectivity index (χ0v) is 22.4. The van der Waals surface area contributed by atoms with Crippen LogP contribution in [0.25, 0.3) is 28.0 Å². The van der Waals surface area contributed by atoms with Crippen LogP contribution in [0.15, 0.2) is 53.4 Å². The largest absolute Gasteiger partial charge is 0.510 e. The molecule has 0 amide bonds. The maximum absolute atomic E-state index is 12.6. The van der Waals surface area contributed by atoms with Gasteiger partial charge in [-0.3, -0.25) is 4.57 Å². The van der Waals surface area contributed by atoms with Gasteiger partial charge in [-0.25, -0.2) is 9.78 Å². The first-order chi connectivity index (χ1) is 18.0. The standard InChI is InChI=1S/C26H25Cl2N5O3S/c1-36-25(35)22(23-29-19-9-5-6-10-20(19)30-23)21(34)14-37-26-32-31-24(17-12-11-15(27)13-18(17)28)33(26)16-7-3-2-4-8-16/h5-6,9-13,16,34H,2-4,7-8,14H2,1H3,(H,29,30)/b22-21+. The van der Waals surface area contributed by atoms with Crippen LogP contribution < -0.4 is 0 Å². The fraction of sp³-hybridized carbons (Fsp3) is 0.308. The lowest BCUT2D eigenvalue weighted by atomic mass is 9.95. The minimum atomic E-state index is -0.681. The molecular formula is C26H25Cl2N5O3S. The van der Waals surface area contributed by atoms with Gasteiger partial charge in [-0.15, -0.1) is 10.2 Å². The zero-order valence-electron chi connectivity index (χ0n) is 20.1. The summed E-state index contributed by atoms with van der Waals surface area (Å²) in [5, 5.41) is 21.6. The third-order valence-corrected chi connectivity index (χ3v) is 7.92. The second-order valence-corrected chi connectivity index (χ2v) is 10.6. The maximum atomic E-state index is 12.6. The average Bonchev–Trinajstić information content (AvgIpc) is 3.52. The van der Waals surface area contributed by atoms with Crippen molar-refractivity contribution in [3.05, 3.63) is 64.1 Å². The number of rotatable bonds is 7. The second-order valence-electron chi connectivity index (χ2n) is 8.80. The Labute approximate surface area is 228 Å². The number of thioether (sulfide) groups is 1. The number of benzene rings is 2. The maximum Gasteiger partial charge on any atom is 0.345 e. The van der Waals surface area contributed by atoms with E-state index in [1.165, 1.54) is 25.3 Å². The Hall–Kier alpha value is -3.01. The van der Waals surface area contributed by atoms with Crippen LogP contribution in [-0.2, 0) is 9.53 Å². The monoisotopic (exact) mass is 557 g/mol. The number of hydrogen-bond donors (Lipinski definition) is 2. The quantitative estimate of drug-likeness (QED) is 0.110. The lowest BCUT2D eigenvalue weighted by Crippen LogP contribution is -2.15. The van der Waals surface area contributed by atoms with E-state index in [0.29, 0.717) is 26.5 Å². The first-order valence-electron chi connectivity index (χ1n) is 11.9. The Bertz CT molecular complexity index is 1440. The van der Waals surface area contributed by atoms with Gasteiger partial charge in [-0.2, -0.15) is 0 Å². The summed E-state index contributed by atoms with van der Waals surface area (Å²) in [6.07, 6.45) is 5.42. The van der Waals surface area contributed by atoms with Crippen molar-refractivity contribution < 1.29 is 14.6 Å². The normalized spacial score (nSPS) is 15.1. The number of carbonyl (C=O) groups excluding carboxylic acids is 1. The van der Waals surface area contributed by atoms with E-state index in [1.54, 1.807) is 12.1 Å². The van der Waals surface area contributed by atoms with E-state index in [2.05, 4.69) is 24.7 Å². The number of esters is 1. The van der Waals surface area contributed by atoms with Crippen LogP contribution >= 0.6 is 35.0 Å². The van der Waals surface area contributed by atoms with Gasteiger partial charge in [0.05, 0.1) is 28.9 Å². The van der Waals surface area contributed by atoms with Crippen molar-refractivity contribution in [1.29, 1.82) is 0 Å². The van der Waals surface area contributed by atoms with Crippen molar-refractivity contribution in [2.75, 3.05) is 12.9 Å². The Morgan fingerprint density at radius 2 is 1.95 bits per heavy atom. The van der Waals surface area contributed by atoms with Crippen molar-refractivity contribution in [1.82, 2.24) is 24.7 Å². The number of ether oxygens (including phenoxy) is 1. The summed E-state index contributed by atoms with van der Waals surface area (Å²) in [4.78, 5) is 20.2. The summed E-state index contributed by atoms with van der Waals surface area (Å²) in [7, 11) is 1.27. The fourth-order valence-corrected chi connectivity index (χ4v) is 6.00. The number of hydrogen-bond acceptors (Lipinski definition) is 7.